The number of hydrogen-bond donors (Lipinski definition) is 1. The Labute approximate surface area is 45.3 Å². The fraction of sp³-hybridized carbons (Fsp3) is 1.00. The van der Waals surface area contributed by atoms with Crippen molar-refractivity contribution in [3.05, 3.63) is 0 Å². The second-order valence-corrected chi connectivity index (χ2v) is 2.85. The van der Waals surface area contributed by atoms with Crippen LogP contribution in [0.4, 0.5) is 0 Å². The van der Waals surface area contributed by atoms with E-state index in [0.717, 1.165) is 6.42 Å². The van der Waals surface area contributed by atoms with Gasteiger partial charge in [0.05, 0.1) is 5.00 Å². The van der Waals surface area contributed by atoms with Crippen LogP contribution in [0.2, 0.25) is 0 Å². The molecule has 0 aliphatic carbocycles. The topological polar surface area (TPSA) is 20.2 Å². The van der Waals surface area contributed by atoms with Gasteiger partial charge < -0.3 is 4.80 Å². The Hall–Kier alpha value is 0.467. The molecule has 0 fully saturated rings. The van der Waals surface area contributed by atoms with Crippen molar-refractivity contribution in [3.8, 4) is 0 Å². The molecule has 0 aromatic heterocycles. The zero-order chi connectivity index (χ0) is 4.99. The maximum atomic E-state index is 8.23. The first-order valence-electron chi connectivity index (χ1n) is 1.85. The van der Waals surface area contributed by atoms with Crippen LogP contribution in [0.3, 0.4) is 0 Å². The Bertz CT molecular complexity index is 30.0. The van der Waals surface area contributed by atoms with Gasteiger partial charge in [0, 0.05) is 0 Å². The van der Waals surface area contributed by atoms with E-state index >= 15 is 0 Å². The smallest absolute Gasteiger partial charge is 0.244 e. The van der Waals surface area contributed by atoms with Crippen LogP contribution < -0.4 is 0 Å². The van der Waals surface area contributed by atoms with E-state index in [2.05, 4.69) is 0 Å². The summed E-state index contributed by atoms with van der Waals surface area (Å²) < 4.78 is 0. The van der Waals surface area contributed by atoms with Crippen molar-refractivity contribution in [2.45, 2.75) is 18.3 Å². The average molecular weight is 123 g/mol. The molecule has 0 saturated carbocycles. The molecule has 1 nitrogen and oxygen atoms in total. The van der Waals surface area contributed by atoms with Gasteiger partial charge in [-0.15, -0.1) is 11.6 Å². The molecule has 0 amide bonds. The predicted molar refractivity (Wildman–Crippen MR) is 27.9 cm³/mol. The minimum Gasteiger partial charge on any atom is -0.430 e. The van der Waals surface area contributed by atoms with Crippen LogP contribution in [0.15, 0.2) is 0 Å². The molecule has 0 aromatic carbocycles. The van der Waals surface area contributed by atoms with E-state index in [-0.39, 0.29) is 14.8 Å². The van der Waals surface area contributed by atoms with Crippen LogP contribution in [-0.4, -0.2) is 19.6 Å². The van der Waals surface area contributed by atoms with Gasteiger partial charge in [-0.05, 0) is 6.42 Å². The summed E-state index contributed by atoms with van der Waals surface area (Å²) in [5, 5.41) is -0.00926. The van der Waals surface area contributed by atoms with Gasteiger partial charge in [-0.2, -0.15) is 0 Å². The maximum absolute atomic E-state index is 8.23. The minimum atomic E-state index is -0.103. The Morgan fingerprint density at radius 1 is 2.00 bits per heavy atom. The molecule has 36 valence electrons. The van der Waals surface area contributed by atoms with Gasteiger partial charge in [0.15, 0.2) is 0 Å². The highest BCUT2D eigenvalue weighted by Gasteiger charge is 1.96. The molecule has 1 atom stereocenters. The first-order chi connectivity index (χ1) is 2.81. The van der Waals surface area contributed by atoms with Crippen LogP contribution in [0, 0.1) is 0 Å². The fourth-order valence-corrected chi connectivity index (χ4v) is 0.274. The number of alkyl halides is 1. The largest absolute Gasteiger partial charge is 0.430 e. The Morgan fingerprint density at radius 2 is 2.50 bits per heavy atom. The normalized spacial score (nSPS) is 14.5. The molecule has 2 radical (unpaired) electrons. The third kappa shape index (κ3) is 2.69. The molecule has 0 aliphatic rings. The highest BCUT2D eigenvalue weighted by molar-refractivity contribution is 6.47. The molecule has 0 bridgehead atoms. The minimum absolute atomic E-state index is 0.00926. The van der Waals surface area contributed by atoms with Crippen molar-refractivity contribution >= 4 is 21.4 Å². The van der Waals surface area contributed by atoms with E-state index in [1.54, 1.807) is 0 Å². The lowest BCUT2D eigenvalue weighted by Crippen LogP contribution is -2.05. The van der Waals surface area contributed by atoms with Crippen molar-refractivity contribution in [3.63, 3.8) is 0 Å². The van der Waals surface area contributed by atoms with Gasteiger partial charge >= 0.3 is 0 Å². The first-order valence-corrected chi connectivity index (χ1v) is 3.31. The summed E-state index contributed by atoms with van der Waals surface area (Å²) in [6.07, 6.45) is 0.858. The third-order valence-electron chi connectivity index (χ3n) is 0.499. The monoisotopic (exact) mass is 122 g/mol. The second kappa shape index (κ2) is 3.65. The maximum Gasteiger partial charge on any atom is 0.244 e. The first kappa shape index (κ1) is 6.47. The molecule has 0 aliphatic heterocycles. The summed E-state index contributed by atoms with van der Waals surface area (Å²) >= 11 is 5.41. The zero-order valence-corrected chi connectivity index (χ0v) is 5.37. The van der Waals surface area contributed by atoms with Crippen molar-refractivity contribution in [2.75, 3.05) is 0 Å². The van der Waals surface area contributed by atoms with Crippen LogP contribution >= 0.6 is 11.6 Å². The molecule has 1 unspecified atom stereocenters. The van der Waals surface area contributed by atoms with Crippen LogP contribution in [0.25, 0.3) is 0 Å². The lowest BCUT2D eigenvalue weighted by molar-refractivity contribution is 0.594. The van der Waals surface area contributed by atoms with Gasteiger partial charge in [-0.1, -0.05) is 6.92 Å². The molecule has 0 spiro atoms. The van der Waals surface area contributed by atoms with E-state index < -0.39 is 0 Å². The van der Waals surface area contributed by atoms with Crippen LogP contribution in [0.5, 0.6) is 0 Å². The highest BCUT2D eigenvalue weighted by atomic mass is 35.5. The molecular formula is C3H7ClOSi. The molecular weight excluding hydrogens is 116 g/mol. The van der Waals surface area contributed by atoms with Gasteiger partial charge in [0.2, 0.25) is 9.76 Å². The van der Waals surface area contributed by atoms with E-state index in [1.807, 2.05) is 6.92 Å². The molecule has 0 aromatic rings. The average Bonchev–Trinajstić information content (AvgIpc) is 1.65. The van der Waals surface area contributed by atoms with Crippen LogP contribution in [0.1, 0.15) is 13.3 Å². The lowest BCUT2D eigenvalue weighted by atomic mass is 10.6. The standard InChI is InChI=1S/C3H7ClOSi/c1-2-3(4)6-5/h3,5H,2H2,1H3. The van der Waals surface area contributed by atoms with Crippen molar-refractivity contribution in [2.24, 2.45) is 0 Å². The second-order valence-electron chi connectivity index (χ2n) is 1.00. The van der Waals surface area contributed by atoms with Gasteiger partial charge in [0.25, 0.3) is 0 Å². The molecule has 1 N–H and O–H groups in total. The SMILES string of the molecule is CCC(Cl)[Si]O. The molecule has 0 saturated heterocycles. The van der Waals surface area contributed by atoms with Crippen molar-refractivity contribution in [1.29, 1.82) is 0 Å². The summed E-state index contributed by atoms with van der Waals surface area (Å²) in [7, 11) is -0.103. The van der Waals surface area contributed by atoms with Gasteiger partial charge in [0.1, 0.15) is 0 Å². The fourth-order valence-electron chi connectivity index (χ4n) is 0.0913. The summed E-state index contributed by atoms with van der Waals surface area (Å²) in [5.74, 6) is 0. The third-order valence-corrected chi connectivity index (χ3v) is 1.79. The van der Waals surface area contributed by atoms with E-state index in [4.69, 9.17) is 16.4 Å². The zero-order valence-electron chi connectivity index (χ0n) is 3.61. The molecule has 0 rings (SSSR count). The summed E-state index contributed by atoms with van der Waals surface area (Å²) in [4.78, 5) is 8.23. The van der Waals surface area contributed by atoms with E-state index in [9.17, 15) is 0 Å². The molecule has 6 heavy (non-hydrogen) atoms. The Balaban J connectivity index is 2.75. The summed E-state index contributed by atoms with van der Waals surface area (Å²) in [5.41, 5.74) is 0. The Morgan fingerprint density at radius 3 is 2.50 bits per heavy atom. The van der Waals surface area contributed by atoms with Crippen molar-refractivity contribution in [1.82, 2.24) is 0 Å². The Kier molecular flexibility index (Phi) is 3.93. The number of rotatable bonds is 2. The van der Waals surface area contributed by atoms with Crippen LogP contribution in [-0.2, 0) is 0 Å². The summed E-state index contributed by atoms with van der Waals surface area (Å²) in [6.45, 7) is 1.95. The lowest BCUT2D eigenvalue weighted by Gasteiger charge is -1.92. The highest BCUT2D eigenvalue weighted by Crippen LogP contribution is 1.94. The molecule has 3 heteroatoms. The van der Waals surface area contributed by atoms with E-state index in [1.165, 1.54) is 0 Å². The number of halogens is 1. The predicted octanol–water partition coefficient (Wildman–Crippen LogP) is 0.573. The quantitative estimate of drug-likeness (QED) is 0.420. The van der Waals surface area contributed by atoms with Gasteiger partial charge in [-0.3, -0.25) is 0 Å². The number of hydrogen-bond acceptors (Lipinski definition) is 1. The van der Waals surface area contributed by atoms with E-state index in [0.29, 0.717) is 0 Å². The van der Waals surface area contributed by atoms with Crippen molar-refractivity contribution < 1.29 is 4.80 Å². The summed E-state index contributed by atoms with van der Waals surface area (Å²) in [6, 6.07) is 0. The van der Waals surface area contributed by atoms with Gasteiger partial charge in [-0.25, -0.2) is 0 Å². The molecule has 0 heterocycles.